The predicted octanol–water partition coefficient (Wildman–Crippen LogP) is -0.236. The van der Waals surface area contributed by atoms with Crippen molar-refractivity contribution in [1.29, 1.82) is 0 Å². The summed E-state index contributed by atoms with van der Waals surface area (Å²) in [6.07, 6.45) is -2.14. The molecule has 0 aromatic rings. The van der Waals surface area contributed by atoms with E-state index in [-0.39, 0.29) is 18.1 Å². The Morgan fingerprint density at radius 1 is 1.38 bits per heavy atom. The minimum Gasteiger partial charge on any atom is -0.428 e. The topological polar surface area (TPSA) is 83.8 Å². The van der Waals surface area contributed by atoms with Gasteiger partial charge in [-0.3, -0.25) is 9.59 Å². The van der Waals surface area contributed by atoms with Crippen LogP contribution in [0.1, 0.15) is 19.8 Å². The summed E-state index contributed by atoms with van der Waals surface area (Å²) in [4.78, 5) is 23.3. The van der Waals surface area contributed by atoms with Crippen LogP contribution in [0.15, 0.2) is 12.3 Å². The summed E-state index contributed by atoms with van der Waals surface area (Å²) in [5, 5.41) is 19.8. The van der Waals surface area contributed by atoms with Gasteiger partial charge in [0.15, 0.2) is 5.78 Å². The van der Waals surface area contributed by atoms with Gasteiger partial charge >= 0.3 is 5.97 Å². The molecule has 1 spiro atoms. The van der Waals surface area contributed by atoms with E-state index in [9.17, 15) is 19.8 Å². The molecule has 0 bridgehead atoms. The second-order valence-corrected chi connectivity index (χ2v) is 4.50. The van der Waals surface area contributed by atoms with E-state index >= 15 is 0 Å². The maximum absolute atomic E-state index is 11.8. The van der Waals surface area contributed by atoms with E-state index in [0.717, 1.165) is 0 Å². The normalized spacial score (nSPS) is 43.9. The molecule has 0 aromatic carbocycles. The van der Waals surface area contributed by atoms with Gasteiger partial charge in [0.05, 0.1) is 0 Å². The van der Waals surface area contributed by atoms with Crippen molar-refractivity contribution >= 4 is 11.8 Å². The number of carbonyl (C=O) groups excluding carboxylic acids is 2. The quantitative estimate of drug-likeness (QED) is 0.557. The molecule has 4 atom stereocenters. The number of rotatable bonds is 0. The summed E-state index contributed by atoms with van der Waals surface area (Å²) in [6.45, 7) is 5.13. The molecule has 1 heterocycles. The minimum atomic E-state index is -1.55. The first-order chi connectivity index (χ1) is 7.42. The molecule has 5 nitrogen and oxygen atoms in total. The van der Waals surface area contributed by atoms with Gasteiger partial charge in [0.25, 0.3) is 0 Å². The van der Waals surface area contributed by atoms with E-state index in [0.29, 0.717) is 6.42 Å². The highest BCUT2D eigenvalue weighted by molar-refractivity contribution is 5.95. The molecule has 88 valence electrons. The molecule has 1 aliphatic carbocycles. The monoisotopic (exact) mass is 226 g/mol. The molecule has 5 heteroatoms. The Hall–Kier alpha value is -1.20. The molecule has 2 aliphatic rings. The first-order valence-corrected chi connectivity index (χ1v) is 5.22. The molecule has 2 N–H and O–H groups in total. The zero-order valence-corrected chi connectivity index (χ0v) is 8.97. The molecule has 2 rings (SSSR count). The standard InChI is InChI=1S/C11H14O5/c1-5-3-4-7(12)9(14)11(5)8(13)6(2)16-10(11)15/h5,8-9,13-14H,2-4H2,1H3. The highest BCUT2D eigenvalue weighted by Gasteiger charge is 2.65. The third-order valence-electron chi connectivity index (χ3n) is 3.73. The minimum absolute atomic E-state index is 0.0920. The van der Waals surface area contributed by atoms with Gasteiger partial charge in [-0.05, 0) is 12.3 Å². The maximum Gasteiger partial charge on any atom is 0.323 e. The Balaban J connectivity index is 2.51. The molecular formula is C11H14O5. The van der Waals surface area contributed by atoms with Crippen molar-refractivity contribution < 1.29 is 24.5 Å². The Labute approximate surface area is 92.7 Å². The second-order valence-electron chi connectivity index (χ2n) is 4.50. The Kier molecular flexibility index (Phi) is 2.40. The van der Waals surface area contributed by atoms with Gasteiger partial charge < -0.3 is 14.9 Å². The molecule has 4 unspecified atom stereocenters. The number of cyclic esters (lactones) is 1. The van der Waals surface area contributed by atoms with E-state index in [1.54, 1.807) is 6.92 Å². The second kappa shape index (κ2) is 3.40. The van der Waals surface area contributed by atoms with Crippen LogP contribution in [0.3, 0.4) is 0 Å². The smallest absolute Gasteiger partial charge is 0.323 e. The SMILES string of the molecule is C=C1OC(=O)C2(C(C)CCC(=O)C2O)C1O. The van der Waals surface area contributed by atoms with Gasteiger partial charge in [-0.1, -0.05) is 13.5 Å². The number of hydrogen-bond donors (Lipinski definition) is 2. The lowest BCUT2D eigenvalue weighted by molar-refractivity contribution is -0.170. The lowest BCUT2D eigenvalue weighted by Crippen LogP contribution is -2.57. The van der Waals surface area contributed by atoms with E-state index in [2.05, 4.69) is 6.58 Å². The van der Waals surface area contributed by atoms with Gasteiger partial charge in [-0.25, -0.2) is 0 Å². The van der Waals surface area contributed by atoms with Crippen molar-refractivity contribution in [2.45, 2.75) is 32.0 Å². The number of Topliss-reactive ketones (excluding diaryl/α,β-unsaturated/α-hetero) is 1. The van der Waals surface area contributed by atoms with Crippen LogP contribution in [0.2, 0.25) is 0 Å². The average molecular weight is 226 g/mol. The molecule has 1 saturated heterocycles. The summed E-state index contributed by atoms with van der Waals surface area (Å²) >= 11 is 0. The summed E-state index contributed by atoms with van der Waals surface area (Å²) < 4.78 is 4.76. The van der Waals surface area contributed by atoms with Crippen molar-refractivity contribution in [3.63, 3.8) is 0 Å². The van der Waals surface area contributed by atoms with Crippen LogP contribution in [0.4, 0.5) is 0 Å². The van der Waals surface area contributed by atoms with Gasteiger partial charge in [-0.15, -0.1) is 0 Å². The van der Waals surface area contributed by atoms with E-state index < -0.39 is 29.4 Å². The average Bonchev–Trinajstić information content (AvgIpc) is 2.45. The third-order valence-corrected chi connectivity index (χ3v) is 3.73. The lowest BCUT2D eigenvalue weighted by atomic mass is 9.62. The van der Waals surface area contributed by atoms with Crippen LogP contribution in [0, 0.1) is 11.3 Å². The van der Waals surface area contributed by atoms with Crippen LogP contribution < -0.4 is 0 Å². The van der Waals surface area contributed by atoms with Gasteiger partial charge in [0.1, 0.15) is 23.4 Å². The van der Waals surface area contributed by atoms with Crippen molar-refractivity contribution in [3.05, 3.63) is 12.3 Å². The fourth-order valence-corrected chi connectivity index (χ4v) is 2.64. The van der Waals surface area contributed by atoms with E-state index in [4.69, 9.17) is 4.74 Å². The first-order valence-electron chi connectivity index (χ1n) is 5.22. The molecule has 1 aliphatic heterocycles. The number of esters is 1. The highest BCUT2D eigenvalue weighted by atomic mass is 16.6. The van der Waals surface area contributed by atoms with Crippen LogP contribution in [0.25, 0.3) is 0 Å². The van der Waals surface area contributed by atoms with Crippen LogP contribution in [0.5, 0.6) is 0 Å². The van der Waals surface area contributed by atoms with Crippen molar-refractivity contribution in [2.75, 3.05) is 0 Å². The summed E-state index contributed by atoms with van der Waals surface area (Å²) in [6, 6.07) is 0. The van der Waals surface area contributed by atoms with Gasteiger partial charge in [0, 0.05) is 6.42 Å². The highest BCUT2D eigenvalue weighted by Crippen LogP contribution is 2.49. The summed E-state index contributed by atoms with van der Waals surface area (Å²) in [7, 11) is 0. The Morgan fingerprint density at radius 3 is 2.50 bits per heavy atom. The summed E-state index contributed by atoms with van der Waals surface area (Å²) in [5.74, 6) is -1.59. The zero-order chi connectivity index (χ0) is 12.1. The van der Waals surface area contributed by atoms with Crippen molar-refractivity contribution in [3.8, 4) is 0 Å². The zero-order valence-electron chi connectivity index (χ0n) is 8.97. The Bertz CT molecular complexity index is 375. The molecule has 1 saturated carbocycles. The van der Waals surface area contributed by atoms with Crippen LogP contribution in [-0.4, -0.2) is 34.2 Å². The fraction of sp³-hybridized carbons (Fsp3) is 0.636. The predicted molar refractivity (Wildman–Crippen MR) is 53.1 cm³/mol. The number of carbonyl (C=O) groups is 2. The van der Waals surface area contributed by atoms with Crippen LogP contribution >= 0.6 is 0 Å². The molecule has 0 amide bonds. The largest absolute Gasteiger partial charge is 0.428 e. The van der Waals surface area contributed by atoms with Crippen molar-refractivity contribution in [2.24, 2.45) is 11.3 Å². The number of hydrogen-bond acceptors (Lipinski definition) is 5. The number of aliphatic hydroxyl groups excluding tert-OH is 2. The van der Waals surface area contributed by atoms with Gasteiger partial charge in [0.2, 0.25) is 0 Å². The molecular weight excluding hydrogens is 212 g/mol. The van der Waals surface area contributed by atoms with Gasteiger partial charge in [-0.2, -0.15) is 0 Å². The lowest BCUT2D eigenvalue weighted by Gasteiger charge is -2.40. The Morgan fingerprint density at radius 2 is 2.00 bits per heavy atom. The maximum atomic E-state index is 11.8. The molecule has 16 heavy (non-hydrogen) atoms. The fourth-order valence-electron chi connectivity index (χ4n) is 2.64. The third kappa shape index (κ3) is 1.13. The van der Waals surface area contributed by atoms with E-state index in [1.165, 1.54) is 0 Å². The number of ether oxygens (including phenoxy) is 1. The summed E-state index contributed by atoms with van der Waals surface area (Å²) in [5.41, 5.74) is -1.55. The number of ketones is 1. The first kappa shape index (κ1) is 11.3. The number of aliphatic hydroxyl groups is 2. The molecule has 0 radical (unpaired) electrons. The molecule has 0 aromatic heterocycles. The van der Waals surface area contributed by atoms with E-state index in [1.807, 2.05) is 0 Å². The van der Waals surface area contributed by atoms with Crippen LogP contribution in [-0.2, 0) is 14.3 Å². The molecule has 2 fully saturated rings. The van der Waals surface area contributed by atoms with Crippen molar-refractivity contribution in [1.82, 2.24) is 0 Å².